The van der Waals surface area contributed by atoms with Crippen molar-refractivity contribution in [3.05, 3.63) is 98.5 Å². The Hall–Kier alpha value is -4.38. The van der Waals surface area contributed by atoms with E-state index in [1.165, 1.54) is 47.2 Å². The van der Waals surface area contributed by atoms with Crippen molar-refractivity contribution in [1.82, 2.24) is 29.6 Å². The van der Waals surface area contributed by atoms with Gasteiger partial charge in [-0.05, 0) is 67.3 Å². The van der Waals surface area contributed by atoms with Crippen molar-refractivity contribution in [3.8, 4) is 0 Å². The maximum atomic E-state index is 13.9. The van der Waals surface area contributed by atoms with Crippen LogP contribution in [0.1, 0.15) is 64.2 Å². The zero-order valence-corrected chi connectivity index (χ0v) is 26.9. The highest BCUT2D eigenvalue weighted by Gasteiger charge is 2.54. The first-order valence-corrected chi connectivity index (χ1v) is 15.9. The second-order valence-electron chi connectivity index (χ2n) is 13.5. The van der Waals surface area contributed by atoms with Crippen molar-refractivity contribution < 1.29 is 18.8 Å². The minimum absolute atomic E-state index is 0.0544. The minimum atomic E-state index is -1.04. The van der Waals surface area contributed by atoms with Crippen LogP contribution in [0, 0.1) is 18.2 Å². The third-order valence-corrected chi connectivity index (χ3v) is 10.3. The molecular weight excluding hydrogens is 587 g/mol. The fourth-order valence-electron chi connectivity index (χ4n) is 7.52. The summed E-state index contributed by atoms with van der Waals surface area (Å²) in [4.78, 5) is 63.6. The molecule has 7 rings (SSSR count). The highest BCUT2D eigenvalue weighted by Crippen LogP contribution is 2.52. The first-order valence-electron chi connectivity index (χ1n) is 15.9. The number of nitrogens with one attached hydrogen (secondary N) is 1. The van der Waals surface area contributed by atoms with Crippen molar-refractivity contribution in [2.45, 2.75) is 64.2 Å². The number of nitrogens with zero attached hydrogens (tertiary/aromatic N) is 5. The summed E-state index contributed by atoms with van der Waals surface area (Å²) in [5.41, 5.74) is 2.17. The summed E-state index contributed by atoms with van der Waals surface area (Å²) in [6, 6.07) is 14.4. The normalized spacial score (nSPS) is 21.9. The maximum Gasteiger partial charge on any atom is 0.312 e. The molecule has 4 heterocycles. The Morgan fingerprint density at radius 1 is 0.978 bits per heavy atom. The molecule has 1 fully saturated rings. The predicted molar refractivity (Wildman–Crippen MR) is 170 cm³/mol. The van der Waals surface area contributed by atoms with Gasteiger partial charge in [0.15, 0.2) is 0 Å². The number of benzene rings is 2. The fraction of sp³-hybridized carbons (Fsp3) is 0.457. The molecule has 1 aliphatic carbocycles. The molecule has 3 aliphatic heterocycles. The van der Waals surface area contributed by atoms with Gasteiger partial charge in [0.25, 0.3) is 11.5 Å². The van der Waals surface area contributed by atoms with Crippen LogP contribution in [0.3, 0.4) is 0 Å². The molecule has 0 saturated heterocycles. The van der Waals surface area contributed by atoms with Crippen LogP contribution in [0.25, 0.3) is 0 Å². The number of aryl methyl sites for hydroxylation is 1. The zero-order chi connectivity index (χ0) is 32.8. The van der Waals surface area contributed by atoms with Gasteiger partial charge in [0, 0.05) is 65.3 Å². The number of carbonyl (C=O) groups is 3. The van der Waals surface area contributed by atoms with Crippen LogP contribution < -0.4 is 10.9 Å². The Balaban J connectivity index is 1.34. The predicted octanol–water partition coefficient (Wildman–Crippen LogP) is 3.00. The third kappa shape index (κ3) is 5.72. The van der Waals surface area contributed by atoms with Gasteiger partial charge in [-0.1, -0.05) is 36.4 Å². The SMILES string of the molecule is Cc1cc(CNC(=O)c2cc(=O)n3c(n2)C2(N(C)C(=O)C(=O)N(C)C)CCC(CN4CCc5ccccc5C4)(CC2)C3)ccc1F. The molecule has 1 aromatic heterocycles. The monoisotopic (exact) mass is 628 g/mol. The third-order valence-electron chi connectivity index (χ3n) is 10.3. The molecule has 11 heteroatoms. The summed E-state index contributed by atoms with van der Waals surface area (Å²) in [6.07, 6.45) is 3.44. The number of rotatable bonds is 6. The highest BCUT2D eigenvalue weighted by molar-refractivity contribution is 6.34. The van der Waals surface area contributed by atoms with Gasteiger partial charge in [-0.3, -0.25) is 28.6 Å². The number of fused-ring (bicyclic) bond motifs is 3. The van der Waals surface area contributed by atoms with Crippen LogP contribution in [0.2, 0.25) is 0 Å². The number of hydrogen-bond acceptors (Lipinski definition) is 6. The van der Waals surface area contributed by atoms with E-state index in [0.717, 1.165) is 38.9 Å². The Bertz CT molecular complexity index is 1760. The smallest absolute Gasteiger partial charge is 0.312 e. The van der Waals surface area contributed by atoms with Gasteiger partial charge in [0.2, 0.25) is 0 Å². The first-order chi connectivity index (χ1) is 21.9. The van der Waals surface area contributed by atoms with E-state index in [9.17, 15) is 23.6 Å². The minimum Gasteiger partial charge on any atom is -0.347 e. The van der Waals surface area contributed by atoms with Gasteiger partial charge in [-0.15, -0.1) is 0 Å². The molecule has 1 N–H and O–H groups in total. The van der Waals surface area contributed by atoms with Gasteiger partial charge in [0.1, 0.15) is 22.9 Å². The number of hydrogen-bond donors (Lipinski definition) is 1. The number of amides is 3. The summed E-state index contributed by atoms with van der Waals surface area (Å²) in [7, 11) is 4.66. The Kier molecular flexibility index (Phi) is 8.30. The highest BCUT2D eigenvalue weighted by atomic mass is 19.1. The molecule has 3 amide bonds. The molecule has 0 spiro atoms. The van der Waals surface area contributed by atoms with Crippen LogP contribution in [-0.4, -0.2) is 76.2 Å². The Labute approximate surface area is 268 Å². The van der Waals surface area contributed by atoms with Gasteiger partial charge in [-0.25, -0.2) is 9.37 Å². The number of likely N-dealkylation sites (N-methyl/N-ethyl adjacent to an activating group) is 2. The standard InChI is InChI=1S/C35H41FN6O4/c1-23-17-24(9-10-27(23)36)19-37-30(44)28-18-29(43)42-22-34(21-41-16-11-25-7-5-6-8-26(25)20-41)12-14-35(15-13-34,33(42)38-28)40(4)32(46)31(45)39(2)3/h5-10,17-18H,11-16,19-22H2,1-4H3,(H,37,44). The van der Waals surface area contributed by atoms with E-state index < -0.39 is 23.3 Å². The van der Waals surface area contributed by atoms with Crippen molar-refractivity contribution in [2.24, 2.45) is 5.41 Å². The molecular formula is C35H41FN6O4. The van der Waals surface area contributed by atoms with Gasteiger partial charge in [0.05, 0.1) is 0 Å². The summed E-state index contributed by atoms with van der Waals surface area (Å²) >= 11 is 0. The molecule has 10 nitrogen and oxygen atoms in total. The summed E-state index contributed by atoms with van der Waals surface area (Å²) in [5.74, 6) is -1.88. The largest absolute Gasteiger partial charge is 0.347 e. The molecule has 4 aliphatic rings. The lowest BCUT2D eigenvalue weighted by Crippen LogP contribution is -2.55. The molecule has 242 valence electrons. The van der Waals surface area contributed by atoms with Crippen LogP contribution in [0.15, 0.2) is 53.3 Å². The molecule has 2 aromatic carbocycles. The molecule has 2 bridgehead atoms. The topological polar surface area (TPSA) is 108 Å². The van der Waals surface area contributed by atoms with Gasteiger partial charge in [-0.2, -0.15) is 0 Å². The molecule has 3 aromatic rings. The second kappa shape index (κ2) is 12.1. The average molecular weight is 629 g/mol. The first kappa shape index (κ1) is 31.6. The molecule has 1 saturated carbocycles. The maximum absolute atomic E-state index is 13.9. The number of halogens is 1. The summed E-state index contributed by atoms with van der Waals surface area (Å²) in [5, 5.41) is 2.80. The lowest BCUT2D eigenvalue weighted by atomic mass is 9.67. The lowest BCUT2D eigenvalue weighted by molar-refractivity contribution is -0.155. The van der Waals surface area contributed by atoms with E-state index in [-0.39, 0.29) is 29.0 Å². The molecule has 0 unspecified atom stereocenters. The summed E-state index contributed by atoms with van der Waals surface area (Å²) < 4.78 is 15.4. The van der Waals surface area contributed by atoms with Gasteiger partial charge < -0.3 is 15.1 Å². The Morgan fingerprint density at radius 3 is 2.39 bits per heavy atom. The quantitative estimate of drug-likeness (QED) is 0.421. The van der Waals surface area contributed by atoms with E-state index in [1.807, 2.05) is 0 Å². The van der Waals surface area contributed by atoms with Crippen molar-refractivity contribution in [3.63, 3.8) is 0 Å². The van der Waals surface area contributed by atoms with Crippen molar-refractivity contribution in [1.29, 1.82) is 0 Å². The van der Waals surface area contributed by atoms with E-state index in [2.05, 4.69) is 34.5 Å². The van der Waals surface area contributed by atoms with E-state index >= 15 is 0 Å². The van der Waals surface area contributed by atoms with Crippen LogP contribution in [0.5, 0.6) is 0 Å². The number of aromatic nitrogens is 2. The molecule has 46 heavy (non-hydrogen) atoms. The van der Waals surface area contributed by atoms with Crippen LogP contribution >= 0.6 is 0 Å². The van der Waals surface area contributed by atoms with Crippen LogP contribution in [0.4, 0.5) is 4.39 Å². The number of carbonyl (C=O) groups excluding carboxylic acids is 3. The molecule has 0 atom stereocenters. The average Bonchev–Trinajstić information content (AvgIpc) is 3.28. The molecule has 0 radical (unpaired) electrons. The summed E-state index contributed by atoms with van der Waals surface area (Å²) in [6.45, 7) is 4.74. The Morgan fingerprint density at radius 2 is 1.70 bits per heavy atom. The lowest BCUT2D eigenvalue weighted by Gasteiger charge is -2.48. The fourth-order valence-corrected chi connectivity index (χ4v) is 7.52. The van der Waals surface area contributed by atoms with Crippen molar-refractivity contribution in [2.75, 3.05) is 34.2 Å². The van der Waals surface area contributed by atoms with Crippen LogP contribution in [-0.2, 0) is 41.2 Å². The van der Waals surface area contributed by atoms with E-state index in [0.29, 0.717) is 36.3 Å². The zero-order valence-electron chi connectivity index (χ0n) is 26.9. The van der Waals surface area contributed by atoms with Crippen molar-refractivity contribution >= 4 is 17.7 Å². The van der Waals surface area contributed by atoms with Gasteiger partial charge >= 0.3 is 11.8 Å². The second-order valence-corrected chi connectivity index (χ2v) is 13.5. The van der Waals surface area contributed by atoms with E-state index in [1.54, 1.807) is 30.7 Å². The van der Waals surface area contributed by atoms with E-state index in [4.69, 9.17) is 4.98 Å².